The zero-order valence-corrected chi connectivity index (χ0v) is 18.5. The molecule has 0 bridgehead atoms. The van der Waals surface area contributed by atoms with Crippen LogP contribution in [0.3, 0.4) is 0 Å². The molecular formula is C21H17Cl2N5OS. The van der Waals surface area contributed by atoms with Crippen molar-refractivity contribution in [3.05, 3.63) is 86.1 Å². The number of aromatic nitrogens is 4. The second-order valence-electron chi connectivity index (χ2n) is 6.70. The van der Waals surface area contributed by atoms with Gasteiger partial charge in [-0.15, -0.1) is 16.4 Å². The second-order valence-corrected chi connectivity index (χ2v) is 8.66. The van der Waals surface area contributed by atoms with Crippen molar-refractivity contribution >= 4 is 45.6 Å². The third-order valence-electron chi connectivity index (χ3n) is 4.55. The third kappa shape index (κ3) is 4.38. The summed E-state index contributed by atoms with van der Waals surface area (Å²) in [5.74, 6) is -0.351. The Morgan fingerprint density at radius 2 is 1.87 bits per heavy atom. The molecule has 1 amide bonds. The van der Waals surface area contributed by atoms with Crippen LogP contribution in [0.2, 0.25) is 10.0 Å². The van der Waals surface area contributed by atoms with Gasteiger partial charge in [0.05, 0.1) is 17.1 Å². The topological polar surface area (TPSA) is 72.7 Å². The molecule has 0 aliphatic heterocycles. The number of nitrogens with zero attached hydrogens (tertiary/aromatic N) is 4. The summed E-state index contributed by atoms with van der Waals surface area (Å²) in [4.78, 5) is 18.3. The molecule has 0 aliphatic carbocycles. The zero-order chi connectivity index (χ0) is 21.3. The second kappa shape index (κ2) is 8.55. The highest BCUT2D eigenvalue weighted by molar-refractivity contribution is 7.15. The van der Waals surface area contributed by atoms with Crippen molar-refractivity contribution in [2.45, 2.75) is 20.3 Å². The van der Waals surface area contributed by atoms with Crippen LogP contribution in [0.25, 0.3) is 5.69 Å². The number of benzene rings is 2. The number of nitrogens with one attached hydrogen (secondary N) is 1. The number of rotatable bonds is 5. The quantitative estimate of drug-likeness (QED) is 0.429. The number of thiazole rings is 1. The molecule has 4 rings (SSSR count). The molecule has 0 saturated heterocycles. The van der Waals surface area contributed by atoms with E-state index in [9.17, 15) is 4.79 Å². The summed E-state index contributed by atoms with van der Waals surface area (Å²) in [5, 5.41) is 12.8. The number of hydrogen-bond donors (Lipinski definition) is 1. The van der Waals surface area contributed by atoms with E-state index in [2.05, 4.69) is 20.6 Å². The lowest BCUT2D eigenvalue weighted by atomic mass is 10.1. The van der Waals surface area contributed by atoms with E-state index in [-0.39, 0.29) is 11.6 Å². The summed E-state index contributed by atoms with van der Waals surface area (Å²) < 4.78 is 1.60. The Morgan fingerprint density at radius 1 is 1.10 bits per heavy atom. The van der Waals surface area contributed by atoms with E-state index in [1.165, 1.54) is 11.3 Å². The van der Waals surface area contributed by atoms with Crippen LogP contribution in [-0.4, -0.2) is 25.9 Å². The van der Waals surface area contributed by atoms with Gasteiger partial charge in [0.2, 0.25) is 0 Å². The Balaban J connectivity index is 1.51. The predicted molar refractivity (Wildman–Crippen MR) is 120 cm³/mol. The minimum Gasteiger partial charge on any atom is -0.296 e. The average molecular weight is 458 g/mol. The Kier molecular flexibility index (Phi) is 5.85. The molecule has 9 heteroatoms. The van der Waals surface area contributed by atoms with Crippen molar-refractivity contribution in [1.82, 2.24) is 20.0 Å². The fourth-order valence-corrected chi connectivity index (χ4v) is 4.33. The van der Waals surface area contributed by atoms with E-state index in [0.717, 1.165) is 21.8 Å². The summed E-state index contributed by atoms with van der Waals surface area (Å²) in [6, 6.07) is 14.9. The lowest BCUT2D eigenvalue weighted by Gasteiger charge is -2.04. The summed E-state index contributed by atoms with van der Waals surface area (Å²) >= 11 is 13.4. The van der Waals surface area contributed by atoms with Crippen molar-refractivity contribution in [3.63, 3.8) is 0 Å². The number of aryl methyl sites for hydroxylation is 1. The third-order valence-corrected chi connectivity index (χ3v) is 6.11. The smallest absolute Gasteiger partial charge is 0.279 e. The number of carbonyl (C=O) groups is 1. The first-order chi connectivity index (χ1) is 14.4. The number of carbonyl (C=O) groups excluding carboxylic acids is 1. The number of hydrogen-bond acceptors (Lipinski definition) is 5. The molecule has 1 N–H and O–H groups in total. The standard InChI is InChI=1S/C21H17Cl2N5OS/c1-12-18(11-14-4-3-5-16(23)10-14)30-21(24-12)25-20(29)19-13(2)28(27-26-19)17-8-6-15(22)7-9-17/h3-10H,11H2,1-2H3,(H,24,25,29). The lowest BCUT2D eigenvalue weighted by molar-refractivity contribution is 0.102. The van der Waals surface area contributed by atoms with Crippen LogP contribution in [0.4, 0.5) is 5.13 Å². The summed E-state index contributed by atoms with van der Waals surface area (Å²) in [7, 11) is 0. The predicted octanol–water partition coefficient (Wildman–Crippen LogP) is 5.49. The molecule has 2 aromatic carbocycles. The average Bonchev–Trinajstić information content (AvgIpc) is 3.25. The van der Waals surface area contributed by atoms with Gasteiger partial charge in [-0.3, -0.25) is 10.1 Å². The van der Waals surface area contributed by atoms with Crippen LogP contribution in [0.15, 0.2) is 48.5 Å². The van der Waals surface area contributed by atoms with Gasteiger partial charge >= 0.3 is 0 Å². The Hall–Kier alpha value is -2.74. The number of halogens is 2. The van der Waals surface area contributed by atoms with E-state index in [1.807, 2.05) is 43.3 Å². The highest BCUT2D eigenvalue weighted by Crippen LogP contribution is 2.26. The fourth-order valence-electron chi connectivity index (χ4n) is 3.00. The molecule has 0 radical (unpaired) electrons. The molecule has 0 unspecified atom stereocenters. The highest BCUT2D eigenvalue weighted by atomic mass is 35.5. The van der Waals surface area contributed by atoms with E-state index >= 15 is 0 Å². The first kappa shape index (κ1) is 20.5. The van der Waals surface area contributed by atoms with Gasteiger partial charge in [0.25, 0.3) is 5.91 Å². The minimum absolute atomic E-state index is 0.245. The van der Waals surface area contributed by atoms with Crippen LogP contribution in [0.1, 0.15) is 32.3 Å². The SMILES string of the molecule is Cc1nc(NC(=O)c2nnn(-c3ccc(Cl)cc3)c2C)sc1Cc1cccc(Cl)c1. The van der Waals surface area contributed by atoms with Crippen LogP contribution >= 0.6 is 34.5 Å². The van der Waals surface area contributed by atoms with Crippen LogP contribution < -0.4 is 5.32 Å². The monoisotopic (exact) mass is 457 g/mol. The minimum atomic E-state index is -0.351. The van der Waals surface area contributed by atoms with Crippen LogP contribution in [-0.2, 0) is 6.42 Å². The molecule has 2 aromatic heterocycles. The van der Waals surface area contributed by atoms with Gasteiger partial charge in [-0.2, -0.15) is 0 Å². The molecule has 152 valence electrons. The van der Waals surface area contributed by atoms with Crippen molar-refractivity contribution in [1.29, 1.82) is 0 Å². The van der Waals surface area contributed by atoms with Crippen molar-refractivity contribution < 1.29 is 4.79 Å². The maximum absolute atomic E-state index is 12.8. The lowest BCUT2D eigenvalue weighted by Crippen LogP contribution is -2.14. The molecule has 2 heterocycles. The van der Waals surface area contributed by atoms with Gasteiger partial charge in [0, 0.05) is 21.3 Å². The molecule has 0 atom stereocenters. The molecule has 0 fully saturated rings. The van der Waals surface area contributed by atoms with Gasteiger partial charge in [0.15, 0.2) is 10.8 Å². The van der Waals surface area contributed by atoms with E-state index < -0.39 is 0 Å². The van der Waals surface area contributed by atoms with Crippen LogP contribution in [0, 0.1) is 13.8 Å². The number of amides is 1. The molecule has 0 spiro atoms. The Labute approximate surface area is 187 Å². The van der Waals surface area contributed by atoms with Gasteiger partial charge in [-0.25, -0.2) is 9.67 Å². The van der Waals surface area contributed by atoms with Crippen molar-refractivity contribution in [2.75, 3.05) is 5.32 Å². The summed E-state index contributed by atoms with van der Waals surface area (Å²) in [6.07, 6.45) is 0.700. The van der Waals surface area contributed by atoms with Crippen molar-refractivity contribution in [3.8, 4) is 5.69 Å². The fraction of sp³-hybridized carbons (Fsp3) is 0.143. The van der Waals surface area contributed by atoms with E-state index in [4.69, 9.17) is 23.2 Å². The normalized spacial score (nSPS) is 10.9. The highest BCUT2D eigenvalue weighted by Gasteiger charge is 2.19. The molecule has 0 saturated carbocycles. The molecule has 0 aliphatic rings. The van der Waals surface area contributed by atoms with E-state index in [1.54, 1.807) is 23.7 Å². The maximum Gasteiger partial charge on any atom is 0.279 e. The van der Waals surface area contributed by atoms with Crippen LogP contribution in [0.5, 0.6) is 0 Å². The molecular weight excluding hydrogens is 441 g/mol. The van der Waals surface area contributed by atoms with Gasteiger partial charge in [-0.05, 0) is 55.8 Å². The zero-order valence-electron chi connectivity index (χ0n) is 16.2. The molecule has 30 heavy (non-hydrogen) atoms. The Morgan fingerprint density at radius 3 is 2.60 bits per heavy atom. The molecule has 4 aromatic rings. The van der Waals surface area contributed by atoms with Gasteiger partial charge < -0.3 is 0 Å². The number of anilines is 1. The first-order valence-electron chi connectivity index (χ1n) is 9.11. The van der Waals surface area contributed by atoms with Gasteiger partial charge in [-0.1, -0.05) is 40.5 Å². The maximum atomic E-state index is 12.8. The van der Waals surface area contributed by atoms with Gasteiger partial charge in [0.1, 0.15) is 0 Å². The Bertz CT molecular complexity index is 1220. The van der Waals surface area contributed by atoms with E-state index in [0.29, 0.717) is 27.3 Å². The van der Waals surface area contributed by atoms with Crippen molar-refractivity contribution in [2.24, 2.45) is 0 Å². The largest absolute Gasteiger partial charge is 0.296 e. The molecule has 6 nitrogen and oxygen atoms in total. The summed E-state index contributed by atoms with van der Waals surface area (Å²) in [6.45, 7) is 3.72. The first-order valence-corrected chi connectivity index (χ1v) is 10.7. The summed E-state index contributed by atoms with van der Waals surface area (Å²) in [5.41, 5.74) is 3.61.